The van der Waals surface area contributed by atoms with Gasteiger partial charge in [-0.3, -0.25) is 9.59 Å². The van der Waals surface area contributed by atoms with Crippen LogP contribution in [-0.2, 0) is 9.53 Å². The van der Waals surface area contributed by atoms with Gasteiger partial charge in [0.05, 0.1) is 5.39 Å². The lowest BCUT2D eigenvalue weighted by atomic mass is 10.1. The Kier molecular flexibility index (Phi) is 3.78. The van der Waals surface area contributed by atoms with Crippen molar-refractivity contribution in [1.82, 2.24) is 9.97 Å². The molecule has 1 N–H and O–H groups in total. The smallest absolute Gasteiger partial charge is 0.315 e. The van der Waals surface area contributed by atoms with Gasteiger partial charge in [0.2, 0.25) is 0 Å². The molecule has 0 amide bonds. The standard InChI is InChI=1S/C15H16Cl2N2O3S/c1-6-8(3)23-12-9(6)11(20)18-10(19-12)7(2)22-13(21)14(4)5-15(14,16)17/h7H,5H2,1-4H3,(H,18,19,20)/t7-,14+/m0/s1. The zero-order valence-electron chi connectivity index (χ0n) is 13.1. The highest BCUT2D eigenvalue weighted by Crippen LogP contribution is 2.64. The van der Waals surface area contributed by atoms with Gasteiger partial charge in [0.15, 0.2) is 11.9 Å². The summed E-state index contributed by atoms with van der Waals surface area (Å²) in [5.74, 6) is -0.174. The lowest BCUT2D eigenvalue weighted by Crippen LogP contribution is -2.24. The maximum absolute atomic E-state index is 12.3. The number of rotatable bonds is 3. The monoisotopic (exact) mass is 374 g/mol. The molecule has 8 heteroatoms. The third-order valence-corrected chi connectivity index (χ3v) is 6.64. The van der Waals surface area contributed by atoms with Crippen molar-refractivity contribution in [1.29, 1.82) is 0 Å². The fraction of sp³-hybridized carbons (Fsp3) is 0.533. The molecule has 0 unspecified atom stereocenters. The highest BCUT2D eigenvalue weighted by molar-refractivity contribution is 7.18. The maximum atomic E-state index is 12.3. The highest BCUT2D eigenvalue weighted by atomic mass is 35.5. The van der Waals surface area contributed by atoms with Crippen molar-refractivity contribution >= 4 is 50.7 Å². The molecular weight excluding hydrogens is 359 g/mol. The predicted octanol–water partition coefficient (Wildman–Crippen LogP) is 3.79. The first-order valence-corrected chi connectivity index (χ1v) is 8.73. The lowest BCUT2D eigenvalue weighted by molar-refractivity contribution is -0.155. The van der Waals surface area contributed by atoms with E-state index in [9.17, 15) is 9.59 Å². The van der Waals surface area contributed by atoms with Crippen molar-refractivity contribution < 1.29 is 9.53 Å². The minimum absolute atomic E-state index is 0.226. The topological polar surface area (TPSA) is 72.0 Å². The van der Waals surface area contributed by atoms with Gasteiger partial charge < -0.3 is 9.72 Å². The zero-order chi connectivity index (χ0) is 17.2. The first kappa shape index (κ1) is 16.7. The van der Waals surface area contributed by atoms with Crippen LogP contribution in [0.3, 0.4) is 0 Å². The molecule has 124 valence electrons. The molecule has 0 aromatic carbocycles. The van der Waals surface area contributed by atoms with E-state index in [1.54, 1.807) is 13.8 Å². The van der Waals surface area contributed by atoms with Crippen molar-refractivity contribution in [3.63, 3.8) is 0 Å². The van der Waals surface area contributed by atoms with Gasteiger partial charge in [0.1, 0.15) is 14.6 Å². The Balaban J connectivity index is 1.89. The number of nitrogens with one attached hydrogen (secondary N) is 1. The molecule has 2 atom stereocenters. The summed E-state index contributed by atoms with van der Waals surface area (Å²) in [7, 11) is 0. The molecule has 1 saturated carbocycles. The Morgan fingerprint density at radius 3 is 2.61 bits per heavy atom. The second-order valence-electron chi connectivity index (χ2n) is 6.18. The molecule has 0 saturated heterocycles. The predicted molar refractivity (Wildman–Crippen MR) is 91.4 cm³/mol. The first-order valence-electron chi connectivity index (χ1n) is 7.15. The highest BCUT2D eigenvalue weighted by Gasteiger charge is 2.69. The number of aromatic amines is 1. The summed E-state index contributed by atoms with van der Waals surface area (Å²) in [5, 5.41) is 0.587. The molecule has 0 radical (unpaired) electrons. The van der Waals surface area contributed by atoms with Crippen LogP contribution in [0.25, 0.3) is 10.2 Å². The van der Waals surface area contributed by atoms with Crippen LogP contribution in [0.4, 0.5) is 0 Å². The van der Waals surface area contributed by atoms with E-state index in [1.807, 2.05) is 13.8 Å². The largest absolute Gasteiger partial charge is 0.454 e. The van der Waals surface area contributed by atoms with Gasteiger partial charge in [-0.2, -0.15) is 0 Å². The van der Waals surface area contributed by atoms with Gasteiger partial charge in [0, 0.05) is 11.3 Å². The molecule has 0 bridgehead atoms. The molecule has 5 nitrogen and oxygen atoms in total. The van der Waals surface area contributed by atoms with Crippen LogP contribution >= 0.6 is 34.5 Å². The number of aromatic nitrogens is 2. The van der Waals surface area contributed by atoms with E-state index in [0.29, 0.717) is 22.5 Å². The average molecular weight is 375 g/mol. The normalized spacial score (nSPS) is 23.7. The van der Waals surface area contributed by atoms with Crippen molar-refractivity contribution in [3.8, 4) is 0 Å². The summed E-state index contributed by atoms with van der Waals surface area (Å²) < 4.78 is 4.32. The Bertz CT molecular complexity index is 873. The van der Waals surface area contributed by atoms with Crippen LogP contribution in [0.1, 0.15) is 42.6 Å². The number of esters is 1. The third-order valence-electron chi connectivity index (χ3n) is 4.43. The number of hydrogen-bond donors (Lipinski definition) is 1. The van der Waals surface area contributed by atoms with Crippen LogP contribution in [0.5, 0.6) is 0 Å². The first-order chi connectivity index (χ1) is 10.6. The summed E-state index contributed by atoms with van der Waals surface area (Å²) in [4.78, 5) is 33.3. The number of aryl methyl sites for hydroxylation is 2. The number of halogens is 2. The molecular formula is C15H16Cl2N2O3S. The van der Waals surface area contributed by atoms with Gasteiger partial charge in [-0.15, -0.1) is 34.5 Å². The van der Waals surface area contributed by atoms with Crippen molar-refractivity contribution in [2.45, 2.75) is 44.6 Å². The van der Waals surface area contributed by atoms with Crippen LogP contribution < -0.4 is 5.56 Å². The molecule has 2 aromatic heterocycles. The zero-order valence-corrected chi connectivity index (χ0v) is 15.4. The number of nitrogens with zero attached hydrogens (tertiary/aromatic N) is 1. The van der Waals surface area contributed by atoms with Crippen LogP contribution in [-0.4, -0.2) is 20.3 Å². The van der Waals surface area contributed by atoms with Crippen LogP contribution in [0.15, 0.2) is 4.79 Å². The molecule has 1 aliphatic carbocycles. The van der Waals surface area contributed by atoms with E-state index in [1.165, 1.54) is 11.3 Å². The number of H-pyrrole nitrogens is 1. The van der Waals surface area contributed by atoms with Gasteiger partial charge in [-0.05, 0) is 33.3 Å². The minimum atomic E-state index is -1.09. The average Bonchev–Trinajstić information content (AvgIpc) is 2.82. The summed E-state index contributed by atoms with van der Waals surface area (Å²) in [6.07, 6.45) is -0.343. The number of alkyl halides is 2. The fourth-order valence-electron chi connectivity index (χ4n) is 2.43. The number of carbonyl (C=O) groups is 1. The van der Waals surface area contributed by atoms with Crippen LogP contribution in [0, 0.1) is 19.3 Å². The summed E-state index contributed by atoms with van der Waals surface area (Å²) in [6, 6.07) is 0. The fourth-order valence-corrected chi connectivity index (χ4v) is 4.16. The summed E-state index contributed by atoms with van der Waals surface area (Å²) in [5.41, 5.74) is -0.212. The van der Waals surface area contributed by atoms with Gasteiger partial charge >= 0.3 is 5.97 Å². The second kappa shape index (κ2) is 5.19. The molecule has 1 fully saturated rings. The number of fused-ring (bicyclic) bond motifs is 1. The Labute approximate surface area is 147 Å². The van der Waals surface area contributed by atoms with E-state index in [0.717, 1.165) is 10.4 Å². The second-order valence-corrected chi connectivity index (χ2v) is 8.86. The summed E-state index contributed by atoms with van der Waals surface area (Å²) in [6.45, 7) is 7.15. The SMILES string of the molecule is Cc1sc2nc([C@H](C)OC(=O)[C@@]3(C)CC3(Cl)Cl)[nH]c(=O)c2c1C. The van der Waals surface area contributed by atoms with Crippen molar-refractivity contribution in [2.75, 3.05) is 0 Å². The molecule has 2 heterocycles. The van der Waals surface area contributed by atoms with E-state index in [4.69, 9.17) is 27.9 Å². The Morgan fingerprint density at radius 2 is 2.04 bits per heavy atom. The molecule has 0 spiro atoms. The number of thiophene rings is 1. The molecule has 23 heavy (non-hydrogen) atoms. The van der Waals surface area contributed by atoms with Crippen LogP contribution in [0.2, 0.25) is 0 Å². The van der Waals surface area contributed by atoms with Gasteiger partial charge in [-0.1, -0.05) is 0 Å². The van der Waals surface area contributed by atoms with Crippen molar-refractivity contribution in [2.24, 2.45) is 5.41 Å². The van der Waals surface area contributed by atoms with Gasteiger partial charge in [-0.25, -0.2) is 4.98 Å². The van der Waals surface area contributed by atoms with E-state index in [2.05, 4.69) is 9.97 Å². The lowest BCUT2D eigenvalue weighted by Gasteiger charge is -2.16. The molecule has 3 rings (SSSR count). The maximum Gasteiger partial charge on any atom is 0.315 e. The van der Waals surface area contributed by atoms with E-state index < -0.39 is 21.8 Å². The van der Waals surface area contributed by atoms with Crippen molar-refractivity contribution in [3.05, 3.63) is 26.6 Å². The number of hydrogen-bond acceptors (Lipinski definition) is 5. The van der Waals surface area contributed by atoms with E-state index in [-0.39, 0.29) is 5.56 Å². The third kappa shape index (κ3) is 2.57. The number of carbonyl (C=O) groups excluding carboxylic acids is 1. The molecule has 2 aromatic rings. The van der Waals surface area contributed by atoms with Gasteiger partial charge in [0.25, 0.3) is 5.56 Å². The minimum Gasteiger partial charge on any atom is -0.454 e. The van der Waals surface area contributed by atoms with E-state index >= 15 is 0 Å². The Hall–Kier alpha value is -1.11. The molecule has 1 aliphatic rings. The number of ether oxygens (including phenoxy) is 1. The Morgan fingerprint density at radius 1 is 1.43 bits per heavy atom. The molecule has 0 aliphatic heterocycles. The quantitative estimate of drug-likeness (QED) is 0.655. The summed E-state index contributed by atoms with van der Waals surface area (Å²) >= 11 is 13.4.